The quantitative estimate of drug-likeness (QED) is 0.912. The van der Waals surface area contributed by atoms with Gasteiger partial charge in [0.1, 0.15) is 5.82 Å². The van der Waals surface area contributed by atoms with Crippen molar-refractivity contribution >= 4 is 21.5 Å². The van der Waals surface area contributed by atoms with Crippen LogP contribution in [0.5, 0.6) is 0 Å². The average Bonchev–Trinajstić information content (AvgIpc) is 2.82. The van der Waals surface area contributed by atoms with E-state index in [1.54, 1.807) is 12.1 Å². The molecule has 0 saturated carbocycles. The Morgan fingerprint density at radius 1 is 1.29 bits per heavy atom. The van der Waals surface area contributed by atoms with E-state index >= 15 is 0 Å². The van der Waals surface area contributed by atoms with Gasteiger partial charge in [-0.15, -0.1) is 0 Å². The molecular formula is C17H22N4O2S. The smallest absolute Gasteiger partial charge is 0.238 e. The minimum Gasteiger partial charge on any atom is -0.364 e. The van der Waals surface area contributed by atoms with Crippen molar-refractivity contribution in [3.8, 4) is 0 Å². The number of fused-ring (bicyclic) bond motifs is 1. The summed E-state index contributed by atoms with van der Waals surface area (Å²) in [4.78, 5) is 8.78. The van der Waals surface area contributed by atoms with Crippen molar-refractivity contribution in [3.63, 3.8) is 0 Å². The van der Waals surface area contributed by atoms with Crippen molar-refractivity contribution in [2.24, 2.45) is 5.14 Å². The van der Waals surface area contributed by atoms with E-state index in [2.05, 4.69) is 22.9 Å². The number of nitrogens with zero attached hydrogens (tertiary/aromatic N) is 3. The predicted octanol–water partition coefficient (Wildman–Crippen LogP) is 1.75. The predicted molar refractivity (Wildman–Crippen MR) is 95.7 cm³/mol. The molecule has 1 aromatic heterocycles. The highest BCUT2D eigenvalue weighted by Crippen LogP contribution is 2.34. The zero-order chi connectivity index (χ0) is 17.5. The van der Waals surface area contributed by atoms with Crippen LogP contribution in [-0.4, -0.2) is 33.5 Å². The number of rotatable bonds is 4. The van der Waals surface area contributed by atoms with Crippen molar-refractivity contribution in [2.75, 3.05) is 23.9 Å². The van der Waals surface area contributed by atoms with E-state index in [0.29, 0.717) is 6.04 Å². The Hall–Kier alpha value is -2.12. The Bertz CT molecular complexity index is 865. The first-order valence-corrected chi connectivity index (χ1v) is 9.35. The third kappa shape index (κ3) is 3.22. The standard InChI is InChI=1S/C17H22N4O2S/c1-12-8-14-10-15(24(18,22)23)4-5-16(14)21(12)11-13-6-7-19-17(9-13)20(2)3/h4-7,9-10,12H,8,11H2,1-3H3,(H2,18,22,23). The topological polar surface area (TPSA) is 79.5 Å². The van der Waals surface area contributed by atoms with E-state index in [0.717, 1.165) is 30.0 Å². The first-order chi connectivity index (χ1) is 11.3. The minimum atomic E-state index is -3.67. The first kappa shape index (κ1) is 16.7. The second-order valence-electron chi connectivity index (χ2n) is 6.43. The van der Waals surface area contributed by atoms with Gasteiger partial charge in [-0.1, -0.05) is 0 Å². The number of nitrogens with two attached hydrogens (primary N) is 1. The number of hydrogen-bond acceptors (Lipinski definition) is 5. The second kappa shape index (κ2) is 6.07. The van der Waals surface area contributed by atoms with Gasteiger partial charge in [0.15, 0.2) is 0 Å². The Morgan fingerprint density at radius 3 is 2.71 bits per heavy atom. The number of anilines is 2. The Labute approximate surface area is 143 Å². The van der Waals surface area contributed by atoms with E-state index in [1.807, 2.05) is 37.3 Å². The van der Waals surface area contributed by atoms with E-state index in [-0.39, 0.29) is 4.90 Å². The maximum atomic E-state index is 11.5. The molecule has 0 bridgehead atoms. The van der Waals surface area contributed by atoms with Crippen LogP contribution in [0, 0.1) is 0 Å². The van der Waals surface area contributed by atoms with Crippen LogP contribution in [0.15, 0.2) is 41.4 Å². The molecule has 1 unspecified atom stereocenters. The molecule has 0 spiro atoms. The van der Waals surface area contributed by atoms with Crippen molar-refractivity contribution in [1.29, 1.82) is 0 Å². The average molecular weight is 346 g/mol. The van der Waals surface area contributed by atoms with Crippen LogP contribution in [0.2, 0.25) is 0 Å². The lowest BCUT2D eigenvalue weighted by atomic mass is 10.1. The lowest BCUT2D eigenvalue weighted by Crippen LogP contribution is -2.28. The lowest BCUT2D eigenvalue weighted by Gasteiger charge is -2.25. The van der Waals surface area contributed by atoms with Crippen LogP contribution >= 0.6 is 0 Å². The molecule has 7 heteroatoms. The molecule has 0 saturated heterocycles. The van der Waals surface area contributed by atoms with Gasteiger partial charge in [0.2, 0.25) is 10.0 Å². The van der Waals surface area contributed by atoms with Gasteiger partial charge in [-0.25, -0.2) is 18.5 Å². The highest BCUT2D eigenvalue weighted by molar-refractivity contribution is 7.89. The zero-order valence-electron chi connectivity index (χ0n) is 14.1. The normalized spacial score (nSPS) is 17.0. The SMILES string of the molecule is CC1Cc2cc(S(N)(=O)=O)ccc2N1Cc1ccnc(N(C)C)c1. The van der Waals surface area contributed by atoms with E-state index < -0.39 is 10.0 Å². The van der Waals surface area contributed by atoms with Gasteiger partial charge in [-0.3, -0.25) is 0 Å². The van der Waals surface area contributed by atoms with Crippen molar-refractivity contribution in [1.82, 2.24) is 4.98 Å². The summed E-state index contributed by atoms with van der Waals surface area (Å²) < 4.78 is 23.1. The van der Waals surface area contributed by atoms with E-state index in [1.165, 1.54) is 5.56 Å². The molecule has 1 aliphatic heterocycles. The van der Waals surface area contributed by atoms with Gasteiger partial charge in [0.05, 0.1) is 4.90 Å². The van der Waals surface area contributed by atoms with Gasteiger partial charge in [-0.05, 0) is 54.8 Å². The molecule has 0 radical (unpaired) electrons. The number of hydrogen-bond donors (Lipinski definition) is 1. The molecule has 1 aromatic carbocycles. The monoisotopic (exact) mass is 346 g/mol. The van der Waals surface area contributed by atoms with Crippen LogP contribution in [0.1, 0.15) is 18.1 Å². The van der Waals surface area contributed by atoms with Gasteiger partial charge in [0, 0.05) is 38.6 Å². The van der Waals surface area contributed by atoms with Crippen LogP contribution in [0.25, 0.3) is 0 Å². The Balaban J connectivity index is 1.90. The Morgan fingerprint density at radius 2 is 2.04 bits per heavy atom. The molecule has 0 amide bonds. The maximum absolute atomic E-state index is 11.5. The van der Waals surface area contributed by atoms with Gasteiger partial charge in [-0.2, -0.15) is 0 Å². The summed E-state index contributed by atoms with van der Waals surface area (Å²) >= 11 is 0. The van der Waals surface area contributed by atoms with Gasteiger partial charge in [0.25, 0.3) is 0 Å². The highest BCUT2D eigenvalue weighted by Gasteiger charge is 2.27. The van der Waals surface area contributed by atoms with Crippen LogP contribution in [0.4, 0.5) is 11.5 Å². The first-order valence-electron chi connectivity index (χ1n) is 7.80. The highest BCUT2D eigenvalue weighted by atomic mass is 32.2. The molecule has 24 heavy (non-hydrogen) atoms. The summed E-state index contributed by atoms with van der Waals surface area (Å²) in [6, 6.07) is 9.51. The minimum absolute atomic E-state index is 0.175. The molecule has 3 rings (SSSR count). The van der Waals surface area contributed by atoms with Crippen LogP contribution < -0.4 is 14.9 Å². The second-order valence-corrected chi connectivity index (χ2v) is 7.99. The van der Waals surface area contributed by atoms with Gasteiger partial charge >= 0.3 is 0 Å². The summed E-state index contributed by atoms with van der Waals surface area (Å²) in [7, 11) is 0.268. The third-order valence-electron chi connectivity index (χ3n) is 4.36. The fraction of sp³-hybridized carbons (Fsp3) is 0.353. The summed E-state index contributed by atoms with van der Waals surface area (Å²) in [5.74, 6) is 0.921. The number of aromatic nitrogens is 1. The number of sulfonamides is 1. The fourth-order valence-corrected chi connectivity index (χ4v) is 3.65. The molecule has 128 valence electrons. The number of benzene rings is 1. The van der Waals surface area contributed by atoms with Crippen LogP contribution in [0.3, 0.4) is 0 Å². The summed E-state index contributed by atoms with van der Waals surface area (Å²) in [6.07, 6.45) is 2.63. The molecule has 1 atom stereocenters. The summed E-state index contributed by atoms with van der Waals surface area (Å²) in [5, 5.41) is 5.24. The molecule has 2 heterocycles. The lowest BCUT2D eigenvalue weighted by molar-refractivity contribution is 0.597. The van der Waals surface area contributed by atoms with Crippen molar-refractivity contribution < 1.29 is 8.42 Å². The largest absolute Gasteiger partial charge is 0.364 e. The number of primary sulfonamides is 1. The van der Waals surface area contributed by atoms with Crippen LogP contribution in [-0.2, 0) is 23.0 Å². The van der Waals surface area contributed by atoms with Crippen molar-refractivity contribution in [3.05, 3.63) is 47.7 Å². The van der Waals surface area contributed by atoms with Crippen molar-refractivity contribution in [2.45, 2.75) is 30.8 Å². The third-order valence-corrected chi connectivity index (χ3v) is 5.27. The molecule has 0 aliphatic carbocycles. The molecule has 0 fully saturated rings. The Kier molecular flexibility index (Phi) is 4.23. The molecular weight excluding hydrogens is 324 g/mol. The molecule has 6 nitrogen and oxygen atoms in total. The summed E-state index contributed by atoms with van der Waals surface area (Å²) in [5.41, 5.74) is 3.26. The maximum Gasteiger partial charge on any atom is 0.238 e. The molecule has 2 aromatic rings. The fourth-order valence-electron chi connectivity index (χ4n) is 3.09. The van der Waals surface area contributed by atoms with E-state index in [4.69, 9.17) is 5.14 Å². The zero-order valence-corrected chi connectivity index (χ0v) is 14.9. The molecule has 1 aliphatic rings. The number of pyridine rings is 1. The summed E-state index contributed by atoms with van der Waals surface area (Å²) in [6.45, 7) is 2.90. The van der Waals surface area contributed by atoms with Gasteiger partial charge < -0.3 is 9.80 Å². The molecule has 2 N–H and O–H groups in total. The van der Waals surface area contributed by atoms with E-state index in [9.17, 15) is 8.42 Å².